The number of thioether (sulfide) groups is 1. The van der Waals surface area contributed by atoms with Crippen molar-refractivity contribution in [3.8, 4) is 17.3 Å². The minimum absolute atomic E-state index is 0.131. The molecule has 2 aromatic heterocycles. The number of nitrogens with zero attached hydrogens (tertiary/aromatic N) is 4. The van der Waals surface area contributed by atoms with Gasteiger partial charge in [-0.3, -0.25) is 9.36 Å². The molecule has 0 bridgehead atoms. The molecule has 1 N–H and O–H groups in total. The molecule has 4 rings (SSSR count). The Morgan fingerprint density at radius 2 is 1.94 bits per heavy atom. The van der Waals surface area contributed by atoms with Crippen LogP contribution in [0.1, 0.15) is 0 Å². The summed E-state index contributed by atoms with van der Waals surface area (Å²) in [6.45, 7) is 4.34. The number of pyridine rings is 1. The lowest BCUT2D eigenvalue weighted by molar-refractivity contribution is -0.113. The molecule has 1 amide bonds. The minimum Gasteiger partial charge on any atom is -0.497 e. The maximum absolute atomic E-state index is 12.4. The summed E-state index contributed by atoms with van der Waals surface area (Å²) in [5, 5.41) is 13.2. The second kappa shape index (κ2) is 9.44. The molecular formula is C23H21N5O2S. The molecule has 0 saturated heterocycles. The van der Waals surface area contributed by atoms with Crippen molar-refractivity contribution in [3.05, 3.63) is 73.3 Å². The summed E-state index contributed by atoms with van der Waals surface area (Å²) in [6, 6.07) is 19.0. The molecule has 0 aliphatic carbocycles. The van der Waals surface area contributed by atoms with Crippen molar-refractivity contribution in [2.75, 3.05) is 18.2 Å². The van der Waals surface area contributed by atoms with Crippen LogP contribution in [0.25, 0.3) is 22.4 Å². The second-order valence-corrected chi connectivity index (χ2v) is 7.60. The van der Waals surface area contributed by atoms with Gasteiger partial charge in [-0.25, -0.2) is 4.98 Å². The summed E-state index contributed by atoms with van der Waals surface area (Å²) in [6.07, 6.45) is 1.77. The van der Waals surface area contributed by atoms with Gasteiger partial charge in [0.15, 0.2) is 11.0 Å². The van der Waals surface area contributed by atoms with Crippen molar-refractivity contribution in [2.24, 2.45) is 0 Å². The molecule has 2 aromatic carbocycles. The van der Waals surface area contributed by atoms with E-state index in [2.05, 4.69) is 22.1 Å². The molecule has 0 aliphatic heterocycles. The van der Waals surface area contributed by atoms with Gasteiger partial charge in [0.1, 0.15) is 11.4 Å². The van der Waals surface area contributed by atoms with Crippen molar-refractivity contribution in [3.63, 3.8) is 0 Å². The maximum Gasteiger partial charge on any atom is 0.234 e. The Morgan fingerprint density at radius 1 is 1.13 bits per heavy atom. The van der Waals surface area contributed by atoms with E-state index in [0.29, 0.717) is 23.2 Å². The topological polar surface area (TPSA) is 81.9 Å². The van der Waals surface area contributed by atoms with Crippen LogP contribution in [-0.2, 0) is 11.3 Å². The lowest BCUT2D eigenvalue weighted by Gasteiger charge is -2.09. The summed E-state index contributed by atoms with van der Waals surface area (Å²) < 4.78 is 7.04. The van der Waals surface area contributed by atoms with E-state index >= 15 is 0 Å². The molecule has 31 heavy (non-hydrogen) atoms. The number of anilines is 1. The van der Waals surface area contributed by atoms with Crippen molar-refractivity contribution in [1.29, 1.82) is 0 Å². The zero-order valence-corrected chi connectivity index (χ0v) is 17.8. The van der Waals surface area contributed by atoms with Crippen LogP contribution >= 0.6 is 11.8 Å². The van der Waals surface area contributed by atoms with Crippen LogP contribution in [0.3, 0.4) is 0 Å². The molecule has 0 fully saturated rings. The van der Waals surface area contributed by atoms with Crippen molar-refractivity contribution in [2.45, 2.75) is 11.7 Å². The van der Waals surface area contributed by atoms with E-state index in [-0.39, 0.29) is 11.7 Å². The number of nitrogens with one attached hydrogen (secondary N) is 1. The van der Waals surface area contributed by atoms with Crippen LogP contribution in [0.5, 0.6) is 5.75 Å². The molecule has 0 aliphatic rings. The molecule has 0 saturated carbocycles. The van der Waals surface area contributed by atoms with Crippen LogP contribution in [0.4, 0.5) is 5.69 Å². The van der Waals surface area contributed by atoms with Gasteiger partial charge in [0.25, 0.3) is 0 Å². The highest BCUT2D eigenvalue weighted by atomic mass is 32.2. The van der Waals surface area contributed by atoms with E-state index in [4.69, 9.17) is 9.72 Å². The van der Waals surface area contributed by atoms with E-state index in [0.717, 1.165) is 22.3 Å². The zero-order valence-electron chi connectivity index (χ0n) is 17.0. The fourth-order valence-corrected chi connectivity index (χ4v) is 3.82. The largest absolute Gasteiger partial charge is 0.497 e. The first-order chi connectivity index (χ1) is 15.2. The monoisotopic (exact) mass is 431 g/mol. The van der Waals surface area contributed by atoms with Gasteiger partial charge in [-0.15, -0.1) is 16.8 Å². The number of aromatic nitrogens is 4. The van der Waals surface area contributed by atoms with E-state index in [9.17, 15) is 4.79 Å². The SMILES string of the molecule is C=CCn1c(SCC(=O)Nc2ccc(OC)cc2)nnc1-c1ccc2ccccc2n1. The fraction of sp³-hybridized carbons (Fsp3) is 0.130. The zero-order chi connectivity index (χ0) is 21.6. The van der Waals surface area contributed by atoms with Crippen LogP contribution in [0.15, 0.2) is 78.5 Å². The van der Waals surface area contributed by atoms with Gasteiger partial charge >= 0.3 is 0 Å². The van der Waals surface area contributed by atoms with Crippen LogP contribution < -0.4 is 10.1 Å². The third-order valence-corrected chi connectivity index (χ3v) is 5.53. The Hall–Kier alpha value is -3.65. The predicted molar refractivity (Wildman–Crippen MR) is 123 cm³/mol. The van der Waals surface area contributed by atoms with Gasteiger partial charge in [0, 0.05) is 17.6 Å². The average Bonchev–Trinajstić information content (AvgIpc) is 3.20. The summed E-state index contributed by atoms with van der Waals surface area (Å²) in [7, 11) is 1.60. The lowest BCUT2D eigenvalue weighted by atomic mass is 10.2. The molecule has 8 heteroatoms. The quantitative estimate of drug-likeness (QED) is 0.329. The summed E-state index contributed by atoms with van der Waals surface area (Å²) in [4.78, 5) is 17.1. The van der Waals surface area contributed by atoms with Crippen LogP contribution in [0.2, 0.25) is 0 Å². The lowest BCUT2D eigenvalue weighted by Crippen LogP contribution is -2.14. The second-order valence-electron chi connectivity index (χ2n) is 6.66. The Kier molecular flexibility index (Phi) is 6.28. The minimum atomic E-state index is -0.131. The molecule has 7 nitrogen and oxygen atoms in total. The number of benzene rings is 2. The Bertz CT molecular complexity index is 1220. The smallest absolute Gasteiger partial charge is 0.234 e. The molecule has 4 aromatic rings. The first kappa shape index (κ1) is 20.6. The third-order valence-electron chi connectivity index (χ3n) is 4.56. The first-order valence-electron chi connectivity index (χ1n) is 9.65. The number of rotatable bonds is 8. The number of methoxy groups -OCH3 is 1. The molecule has 2 heterocycles. The normalized spacial score (nSPS) is 10.7. The number of hydrogen-bond donors (Lipinski definition) is 1. The van der Waals surface area contributed by atoms with Crippen LogP contribution in [0, 0.1) is 0 Å². The number of amides is 1. The number of allylic oxidation sites excluding steroid dienone is 1. The van der Waals surface area contributed by atoms with Gasteiger partial charge in [-0.1, -0.05) is 42.1 Å². The number of carbonyl (C=O) groups is 1. The summed E-state index contributed by atoms with van der Waals surface area (Å²) in [5.74, 6) is 1.45. The molecule has 0 unspecified atom stereocenters. The number of hydrogen-bond acceptors (Lipinski definition) is 6. The number of ether oxygens (including phenoxy) is 1. The molecular weight excluding hydrogens is 410 g/mol. The van der Waals surface area contributed by atoms with Crippen LogP contribution in [-0.4, -0.2) is 38.5 Å². The van der Waals surface area contributed by atoms with E-state index in [1.165, 1.54) is 11.8 Å². The molecule has 156 valence electrons. The summed E-state index contributed by atoms with van der Waals surface area (Å²) in [5.41, 5.74) is 2.32. The Balaban J connectivity index is 1.49. The van der Waals surface area contributed by atoms with E-state index in [1.54, 1.807) is 37.5 Å². The van der Waals surface area contributed by atoms with Crippen molar-refractivity contribution < 1.29 is 9.53 Å². The van der Waals surface area contributed by atoms with Gasteiger partial charge in [0.05, 0.1) is 18.4 Å². The average molecular weight is 432 g/mol. The van der Waals surface area contributed by atoms with Crippen molar-refractivity contribution >= 4 is 34.3 Å². The standard InChI is InChI=1S/C23H21N5O2S/c1-3-14-28-22(20-13-8-16-6-4-5-7-19(16)25-20)26-27-23(28)31-15-21(29)24-17-9-11-18(30-2)12-10-17/h3-13H,1,14-15H2,2H3,(H,24,29). The van der Waals surface area contributed by atoms with Gasteiger partial charge in [0.2, 0.25) is 5.91 Å². The number of para-hydroxylation sites is 1. The maximum atomic E-state index is 12.4. The first-order valence-corrected chi connectivity index (χ1v) is 10.6. The summed E-state index contributed by atoms with van der Waals surface area (Å²) >= 11 is 1.32. The van der Waals surface area contributed by atoms with Gasteiger partial charge < -0.3 is 10.1 Å². The fourth-order valence-electron chi connectivity index (χ4n) is 3.07. The van der Waals surface area contributed by atoms with E-state index in [1.807, 2.05) is 41.0 Å². The van der Waals surface area contributed by atoms with E-state index < -0.39 is 0 Å². The highest BCUT2D eigenvalue weighted by Gasteiger charge is 2.16. The molecule has 0 radical (unpaired) electrons. The number of fused-ring (bicyclic) bond motifs is 1. The van der Waals surface area contributed by atoms with Gasteiger partial charge in [-0.05, 0) is 36.4 Å². The predicted octanol–water partition coefficient (Wildman–Crippen LogP) is 4.42. The highest BCUT2D eigenvalue weighted by Crippen LogP contribution is 2.25. The molecule has 0 atom stereocenters. The van der Waals surface area contributed by atoms with Gasteiger partial charge in [-0.2, -0.15) is 0 Å². The van der Waals surface area contributed by atoms with Crippen molar-refractivity contribution in [1.82, 2.24) is 19.7 Å². The Morgan fingerprint density at radius 3 is 2.71 bits per heavy atom. The third kappa shape index (κ3) is 4.75. The molecule has 0 spiro atoms. The Labute approximate surface area is 184 Å². The number of carbonyl (C=O) groups excluding carboxylic acids is 1. The highest BCUT2D eigenvalue weighted by molar-refractivity contribution is 7.99.